The Kier molecular flexibility index (Phi) is 1.89. The molecule has 0 amide bonds. The smallest absolute Gasteiger partial charge is 0.136 e. The van der Waals surface area contributed by atoms with E-state index in [1.54, 1.807) is 6.26 Å². The van der Waals surface area contributed by atoms with Gasteiger partial charge < -0.3 is 4.42 Å². The number of halogens is 2. The molecule has 62 valence electrons. The molecule has 0 unspecified atom stereocenters. The Morgan fingerprint density at radius 3 is 2.92 bits per heavy atom. The van der Waals surface area contributed by atoms with E-state index in [1.807, 2.05) is 19.1 Å². The van der Waals surface area contributed by atoms with Crippen molar-refractivity contribution in [2.45, 2.75) is 6.92 Å². The molecule has 0 saturated heterocycles. The van der Waals surface area contributed by atoms with Gasteiger partial charge in [-0.3, -0.25) is 0 Å². The van der Waals surface area contributed by atoms with E-state index in [0.29, 0.717) is 5.02 Å². The Bertz CT molecular complexity index is 433. The molecule has 0 N–H and O–H groups in total. The van der Waals surface area contributed by atoms with E-state index in [2.05, 4.69) is 15.9 Å². The predicted octanol–water partition coefficient (Wildman–Crippen LogP) is 4.16. The van der Waals surface area contributed by atoms with Gasteiger partial charge in [-0.1, -0.05) is 11.6 Å². The van der Waals surface area contributed by atoms with Gasteiger partial charge in [-0.25, -0.2) is 0 Å². The van der Waals surface area contributed by atoms with Gasteiger partial charge in [-0.2, -0.15) is 0 Å². The standard InChI is InChI=1S/C9H6BrClO/c1-5-4-12-8-3-6(11)2-7(10)9(5)8/h2-4H,1H3. The van der Waals surface area contributed by atoms with Crippen molar-refractivity contribution in [3.63, 3.8) is 0 Å². The van der Waals surface area contributed by atoms with Crippen molar-refractivity contribution in [1.29, 1.82) is 0 Å². The van der Waals surface area contributed by atoms with E-state index in [1.165, 1.54) is 0 Å². The molecule has 0 radical (unpaired) electrons. The second-order valence-electron chi connectivity index (χ2n) is 2.68. The van der Waals surface area contributed by atoms with E-state index in [-0.39, 0.29) is 0 Å². The largest absolute Gasteiger partial charge is 0.464 e. The fourth-order valence-corrected chi connectivity index (χ4v) is 2.33. The topological polar surface area (TPSA) is 13.1 Å². The minimum atomic E-state index is 0.684. The molecule has 0 saturated carbocycles. The number of hydrogen-bond donors (Lipinski definition) is 0. The molecule has 2 rings (SSSR count). The molecule has 0 aliphatic rings. The summed E-state index contributed by atoms with van der Waals surface area (Å²) in [5.74, 6) is 0. The van der Waals surface area contributed by atoms with Gasteiger partial charge in [0.05, 0.1) is 6.26 Å². The molecule has 1 aromatic carbocycles. The molecule has 0 bridgehead atoms. The van der Waals surface area contributed by atoms with Crippen LogP contribution in [0.2, 0.25) is 5.02 Å². The number of hydrogen-bond acceptors (Lipinski definition) is 1. The first-order valence-corrected chi connectivity index (χ1v) is 4.68. The summed E-state index contributed by atoms with van der Waals surface area (Å²) in [6.07, 6.45) is 1.73. The van der Waals surface area contributed by atoms with E-state index in [4.69, 9.17) is 16.0 Å². The van der Waals surface area contributed by atoms with Crippen LogP contribution >= 0.6 is 27.5 Å². The molecule has 1 heterocycles. The van der Waals surface area contributed by atoms with Gasteiger partial charge in [0.2, 0.25) is 0 Å². The van der Waals surface area contributed by atoms with E-state index >= 15 is 0 Å². The zero-order chi connectivity index (χ0) is 8.72. The Hall–Kier alpha value is -0.470. The molecular weight excluding hydrogens is 239 g/mol. The van der Waals surface area contributed by atoms with Gasteiger partial charge in [-0.05, 0) is 34.5 Å². The molecule has 0 spiro atoms. The predicted molar refractivity (Wildman–Crippen MR) is 53.7 cm³/mol. The van der Waals surface area contributed by atoms with Crippen molar-refractivity contribution in [2.75, 3.05) is 0 Å². The summed E-state index contributed by atoms with van der Waals surface area (Å²) in [6, 6.07) is 3.68. The van der Waals surface area contributed by atoms with Gasteiger partial charge in [0.15, 0.2) is 0 Å². The minimum absolute atomic E-state index is 0.684. The lowest BCUT2D eigenvalue weighted by Gasteiger charge is -1.95. The molecular formula is C9H6BrClO. The van der Waals surface area contributed by atoms with Crippen LogP contribution in [0.15, 0.2) is 27.3 Å². The average Bonchev–Trinajstić information content (AvgIpc) is 2.31. The lowest BCUT2D eigenvalue weighted by molar-refractivity contribution is 0.613. The highest BCUT2D eigenvalue weighted by Gasteiger charge is 2.06. The Labute approximate surface area is 83.4 Å². The van der Waals surface area contributed by atoms with Gasteiger partial charge in [0.25, 0.3) is 0 Å². The molecule has 0 aliphatic heterocycles. The molecule has 3 heteroatoms. The molecule has 0 aliphatic carbocycles. The third-order valence-corrected chi connectivity index (χ3v) is 2.62. The monoisotopic (exact) mass is 244 g/mol. The van der Waals surface area contributed by atoms with Crippen molar-refractivity contribution in [3.05, 3.63) is 33.5 Å². The summed E-state index contributed by atoms with van der Waals surface area (Å²) >= 11 is 9.28. The maximum atomic E-state index is 5.84. The molecule has 0 atom stereocenters. The highest BCUT2D eigenvalue weighted by Crippen LogP contribution is 2.31. The average molecular weight is 246 g/mol. The van der Waals surface area contributed by atoms with E-state index < -0.39 is 0 Å². The summed E-state index contributed by atoms with van der Waals surface area (Å²) in [7, 11) is 0. The maximum absolute atomic E-state index is 5.84. The molecule has 2 aromatic rings. The van der Waals surface area contributed by atoms with E-state index in [9.17, 15) is 0 Å². The van der Waals surface area contributed by atoms with Crippen molar-refractivity contribution in [1.82, 2.24) is 0 Å². The first kappa shape index (κ1) is 8.14. The Morgan fingerprint density at radius 2 is 2.17 bits per heavy atom. The summed E-state index contributed by atoms with van der Waals surface area (Å²) in [5, 5.41) is 1.78. The highest BCUT2D eigenvalue weighted by atomic mass is 79.9. The van der Waals surface area contributed by atoms with Gasteiger partial charge >= 0.3 is 0 Å². The van der Waals surface area contributed by atoms with Crippen molar-refractivity contribution in [2.24, 2.45) is 0 Å². The minimum Gasteiger partial charge on any atom is -0.464 e. The number of benzene rings is 1. The van der Waals surface area contributed by atoms with Crippen molar-refractivity contribution < 1.29 is 4.42 Å². The number of rotatable bonds is 0. The zero-order valence-electron chi connectivity index (χ0n) is 6.40. The number of aryl methyl sites for hydroxylation is 1. The van der Waals surface area contributed by atoms with Crippen LogP contribution in [0, 0.1) is 6.92 Å². The summed E-state index contributed by atoms with van der Waals surface area (Å²) in [5.41, 5.74) is 1.94. The lowest BCUT2D eigenvalue weighted by atomic mass is 10.2. The Balaban J connectivity index is 2.93. The number of furan rings is 1. The molecule has 0 fully saturated rings. The SMILES string of the molecule is Cc1coc2cc(Cl)cc(Br)c12. The van der Waals surface area contributed by atoms with Gasteiger partial charge in [-0.15, -0.1) is 0 Å². The van der Waals surface area contributed by atoms with Crippen LogP contribution in [0.5, 0.6) is 0 Å². The van der Waals surface area contributed by atoms with Crippen LogP contribution in [0.3, 0.4) is 0 Å². The molecule has 1 aromatic heterocycles. The number of fused-ring (bicyclic) bond motifs is 1. The highest BCUT2D eigenvalue weighted by molar-refractivity contribution is 9.10. The van der Waals surface area contributed by atoms with Crippen LogP contribution in [-0.4, -0.2) is 0 Å². The first-order valence-electron chi connectivity index (χ1n) is 3.51. The van der Waals surface area contributed by atoms with Crippen LogP contribution in [-0.2, 0) is 0 Å². The van der Waals surface area contributed by atoms with Crippen LogP contribution in [0.1, 0.15) is 5.56 Å². The summed E-state index contributed by atoms with van der Waals surface area (Å²) in [4.78, 5) is 0. The van der Waals surface area contributed by atoms with Crippen LogP contribution in [0.4, 0.5) is 0 Å². The third kappa shape index (κ3) is 1.15. The summed E-state index contributed by atoms with van der Waals surface area (Å²) < 4.78 is 6.28. The second kappa shape index (κ2) is 2.79. The van der Waals surface area contributed by atoms with Crippen molar-refractivity contribution in [3.8, 4) is 0 Å². The fraction of sp³-hybridized carbons (Fsp3) is 0.111. The fourth-order valence-electron chi connectivity index (χ4n) is 1.24. The van der Waals surface area contributed by atoms with Gasteiger partial charge in [0.1, 0.15) is 5.58 Å². The van der Waals surface area contributed by atoms with Crippen LogP contribution in [0.25, 0.3) is 11.0 Å². The first-order chi connectivity index (χ1) is 5.68. The third-order valence-electron chi connectivity index (χ3n) is 1.78. The Morgan fingerprint density at radius 1 is 1.42 bits per heavy atom. The van der Waals surface area contributed by atoms with Gasteiger partial charge in [0, 0.05) is 20.9 Å². The lowest BCUT2D eigenvalue weighted by Crippen LogP contribution is -1.71. The maximum Gasteiger partial charge on any atom is 0.136 e. The zero-order valence-corrected chi connectivity index (χ0v) is 8.74. The quantitative estimate of drug-likeness (QED) is 0.679. The van der Waals surface area contributed by atoms with Crippen molar-refractivity contribution >= 4 is 38.5 Å². The second-order valence-corrected chi connectivity index (χ2v) is 3.97. The molecule has 12 heavy (non-hydrogen) atoms. The normalized spacial score (nSPS) is 10.9. The van der Waals surface area contributed by atoms with Crippen LogP contribution < -0.4 is 0 Å². The van der Waals surface area contributed by atoms with E-state index in [0.717, 1.165) is 21.0 Å². The summed E-state index contributed by atoms with van der Waals surface area (Å²) in [6.45, 7) is 2.00. The molecule has 1 nitrogen and oxygen atoms in total.